The molecule has 1 saturated carbocycles. The van der Waals surface area contributed by atoms with Crippen LogP contribution in [0.3, 0.4) is 0 Å². The lowest BCUT2D eigenvalue weighted by molar-refractivity contribution is -0.138. The Morgan fingerprint density at radius 1 is 1.19 bits per heavy atom. The summed E-state index contributed by atoms with van der Waals surface area (Å²) in [5.74, 6) is 0.290. The van der Waals surface area contributed by atoms with Crippen LogP contribution in [0, 0.1) is 5.41 Å². The highest BCUT2D eigenvalue weighted by molar-refractivity contribution is 5.41. The largest absolute Gasteiger partial charge is 0.496 e. The van der Waals surface area contributed by atoms with Gasteiger partial charge in [-0.25, -0.2) is 0 Å². The monoisotopic (exact) mass is 299 g/mol. The van der Waals surface area contributed by atoms with Crippen LogP contribution in [0.1, 0.15) is 42.7 Å². The summed E-state index contributed by atoms with van der Waals surface area (Å²) in [6, 6.07) is 4.35. The van der Waals surface area contributed by atoms with Gasteiger partial charge in [-0.3, -0.25) is 0 Å². The molecule has 5 heteroatoms. The zero-order valence-electron chi connectivity index (χ0n) is 12.1. The van der Waals surface area contributed by atoms with E-state index < -0.39 is 11.7 Å². The van der Waals surface area contributed by atoms with Crippen molar-refractivity contribution in [3.8, 4) is 5.75 Å². The maximum atomic E-state index is 12.9. The minimum Gasteiger partial charge on any atom is -0.496 e. The molecule has 2 aliphatic rings. The van der Waals surface area contributed by atoms with Crippen molar-refractivity contribution in [2.45, 2.75) is 37.8 Å². The van der Waals surface area contributed by atoms with Crippen molar-refractivity contribution in [1.29, 1.82) is 0 Å². The Balaban J connectivity index is 1.77. The van der Waals surface area contributed by atoms with E-state index in [1.54, 1.807) is 12.1 Å². The molecular weight excluding hydrogens is 279 g/mol. The molecule has 3 rings (SSSR count). The molecule has 1 aliphatic carbocycles. The number of benzene rings is 1. The third-order valence-electron chi connectivity index (χ3n) is 5.05. The molecule has 1 spiro atoms. The van der Waals surface area contributed by atoms with Gasteiger partial charge in [0.2, 0.25) is 0 Å². The first-order valence-corrected chi connectivity index (χ1v) is 7.39. The molecule has 0 atom stereocenters. The lowest BCUT2D eigenvalue weighted by Crippen LogP contribution is -2.54. The summed E-state index contributed by atoms with van der Waals surface area (Å²) in [6.45, 7) is 2.19. The Kier molecular flexibility index (Phi) is 3.64. The molecule has 0 amide bonds. The van der Waals surface area contributed by atoms with E-state index >= 15 is 0 Å². The summed E-state index contributed by atoms with van der Waals surface area (Å²) in [7, 11) is 1.30. The van der Waals surface area contributed by atoms with E-state index in [1.165, 1.54) is 7.11 Å². The summed E-state index contributed by atoms with van der Waals surface area (Å²) in [6.07, 6.45) is 0.0620. The Bertz CT molecular complexity index is 513. The minimum atomic E-state index is -4.36. The standard InChI is InChI=1S/C16H20F3NO/c1-21-14-8-12(2-3-13(14)16(17,18)19)11-4-6-15(7-5-11)9-20-10-15/h2-3,8,11,20H,4-7,9-10H2,1H3. The Morgan fingerprint density at radius 3 is 2.33 bits per heavy atom. The molecule has 1 N–H and O–H groups in total. The van der Waals surface area contributed by atoms with Crippen LogP contribution in [0.15, 0.2) is 18.2 Å². The maximum absolute atomic E-state index is 12.9. The molecule has 0 radical (unpaired) electrons. The highest BCUT2D eigenvalue weighted by atomic mass is 19.4. The van der Waals surface area contributed by atoms with Gasteiger partial charge in [0.25, 0.3) is 0 Å². The number of methoxy groups -OCH3 is 1. The van der Waals surface area contributed by atoms with Crippen LogP contribution in [-0.4, -0.2) is 20.2 Å². The first-order valence-electron chi connectivity index (χ1n) is 7.39. The second-order valence-electron chi connectivity index (χ2n) is 6.34. The van der Waals surface area contributed by atoms with Crippen molar-refractivity contribution in [1.82, 2.24) is 5.32 Å². The average Bonchev–Trinajstić information content (AvgIpc) is 2.44. The van der Waals surface area contributed by atoms with E-state index in [0.29, 0.717) is 11.3 Å². The Morgan fingerprint density at radius 2 is 1.86 bits per heavy atom. The predicted octanol–water partition coefficient (Wildman–Crippen LogP) is 3.96. The number of nitrogens with one attached hydrogen (secondary N) is 1. The average molecular weight is 299 g/mol. The van der Waals surface area contributed by atoms with Gasteiger partial charge in [0.1, 0.15) is 5.75 Å². The quantitative estimate of drug-likeness (QED) is 0.892. The first kappa shape index (κ1) is 14.7. The Hall–Kier alpha value is -1.23. The fourth-order valence-corrected chi connectivity index (χ4v) is 3.59. The molecule has 116 valence electrons. The van der Waals surface area contributed by atoms with Crippen LogP contribution < -0.4 is 10.1 Å². The number of halogens is 3. The second-order valence-corrected chi connectivity index (χ2v) is 6.34. The highest BCUT2D eigenvalue weighted by Gasteiger charge is 2.40. The third kappa shape index (κ3) is 2.76. The molecule has 1 saturated heterocycles. The van der Waals surface area contributed by atoms with E-state index in [4.69, 9.17) is 4.74 Å². The molecule has 1 heterocycles. The number of hydrogen-bond acceptors (Lipinski definition) is 2. The van der Waals surface area contributed by atoms with Crippen molar-refractivity contribution in [2.24, 2.45) is 5.41 Å². The molecule has 1 aromatic carbocycles. The molecule has 2 nitrogen and oxygen atoms in total. The van der Waals surface area contributed by atoms with Gasteiger partial charge in [-0.2, -0.15) is 13.2 Å². The molecule has 21 heavy (non-hydrogen) atoms. The lowest BCUT2D eigenvalue weighted by Gasteiger charge is -2.47. The van der Waals surface area contributed by atoms with E-state index in [9.17, 15) is 13.2 Å². The van der Waals surface area contributed by atoms with E-state index in [1.807, 2.05) is 0 Å². The van der Waals surface area contributed by atoms with Crippen molar-refractivity contribution in [3.05, 3.63) is 29.3 Å². The minimum absolute atomic E-state index is 0.0643. The number of rotatable bonds is 2. The normalized spacial score (nSPS) is 22.1. The first-order chi connectivity index (χ1) is 9.93. The van der Waals surface area contributed by atoms with Gasteiger partial charge < -0.3 is 10.1 Å². The fraction of sp³-hybridized carbons (Fsp3) is 0.625. The van der Waals surface area contributed by atoms with Crippen LogP contribution >= 0.6 is 0 Å². The molecule has 1 aliphatic heterocycles. The van der Waals surface area contributed by atoms with Gasteiger partial charge in [0.05, 0.1) is 12.7 Å². The fourth-order valence-electron chi connectivity index (χ4n) is 3.59. The van der Waals surface area contributed by atoms with Crippen molar-refractivity contribution in [2.75, 3.05) is 20.2 Å². The van der Waals surface area contributed by atoms with Gasteiger partial charge in [0, 0.05) is 13.1 Å². The highest BCUT2D eigenvalue weighted by Crippen LogP contribution is 2.46. The van der Waals surface area contributed by atoms with Gasteiger partial charge in [-0.15, -0.1) is 0 Å². The molecule has 2 fully saturated rings. The number of ether oxygens (including phenoxy) is 1. The van der Waals surface area contributed by atoms with Gasteiger partial charge in [-0.1, -0.05) is 6.07 Å². The van der Waals surface area contributed by atoms with Crippen LogP contribution in [0.4, 0.5) is 13.2 Å². The smallest absolute Gasteiger partial charge is 0.419 e. The van der Waals surface area contributed by atoms with Gasteiger partial charge in [-0.05, 0) is 54.7 Å². The number of hydrogen-bond donors (Lipinski definition) is 1. The number of alkyl halides is 3. The zero-order chi connectivity index (χ0) is 15.1. The summed E-state index contributed by atoms with van der Waals surface area (Å²) in [5, 5.41) is 3.32. The third-order valence-corrected chi connectivity index (χ3v) is 5.05. The second kappa shape index (κ2) is 5.20. The maximum Gasteiger partial charge on any atom is 0.419 e. The van der Waals surface area contributed by atoms with Crippen LogP contribution in [0.25, 0.3) is 0 Å². The molecule has 1 aromatic rings. The van der Waals surface area contributed by atoms with Crippen molar-refractivity contribution in [3.63, 3.8) is 0 Å². The zero-order valence-corrected chi connectivity index (χ0v) is 12.1. The SMILES string of the molecule is COc1cc(C2CCC3(CC2)CNC3)ccc1C(F)(F)F. The molecule has 0 bridgehead atoms. The van der Waals surface area contributed by atoms with Crippen molar-refractivity contribution < 1.29 is 17.9 Å². The van der Waals surface area contributed by atoms with Crippen molar-refractivity contribution >= 4 is 0 Å². The Labute approximate surface area is 122 Å². The summed E-state index contributed by atoms with van der Waals surface area (Å²) in [5.41, 5.74) is 0.748. The topological polar surface area (TPSA) is 21.3 Å². The van der Waals surface area contributed by atoms with Gasteiger partial charge in [0.15, 0.2) is 0 Å². The van der Waals surface area contributed by atoms with Crippen LogP contribution in [0.5, 0.6) is 5.75 Å². The van der Waals surface area contributed by atoms with Crippen LogP contribution in [-0.2, 0) is 6.18 Å². The molecule has 0 unspecified atom stereocenters. The molecular formula is C16H20F3NO. The molecule has 0 aromatic heterocycles. The summed E-state index contributed by atoms with van der Waals surface area (Å²) >= 11 is 0. The summed E-state index contributed by atoms with van der Waals surface area (Å²) in [4.78, 5) is 0. The van der Waals surface area contributed by atoms with E-state index in [-0.39, 0.29) is 5.75 Å². The van der Waals surface area contributed by atoms with E-state index in [0.717, 1.165) is 50.4 Å². The predicted molar refractivity (Wildman–Crippen MR) is 74.5 cm³/mol. The van der Waals surface area contributed by atoms with Gasteiger partial charge >= 0.3 is 6.18 Å². The van der Waals surface area contributed by atoms with Crippen LogP contribution in [0.2, 0.25) is 0 Å². The lowest BCUT2D eigenvalue weighted by atomic mass is 9.66. The summed E-state index contributed by atoms with van der Waals surface area (Å²) < 4.78 is 43.6. The van der Waals surface area contributed by atoms with E-state index in [2.05, 4.69) is 5.32 Å².